The third kappa shape index (κ3) is 2.83. The van der Waals surface area contributed by atoms with Crippen molar-refractivity contribution in [3.63, 3.8) is 0 Å². The summed E-state index contributed by atoms with van der Waals surface area (Å²) in [7, 11) is 0. The van der Waals surface area contributed by atoms with E-state index in [2.05, 4.69) is 27.1 Å². The standard InChI is InChI=1S/C17H16Cl2N4O/c1-10-9-20-4-5-23(10)17-22-15-8-12(19)6-13(16(15)24-17)14-7-11(18)2-3-21-14/h2-3,6-8,10,20H,4-5,9H2,1H3. The number of rotatable bonds is 2. The van der Waals surface area contributed by atoms with Crippen molar-refractivity contribution in [1.29, 1.82) is 0 Å². The van der Waals surface area contributed by atoms with Crippen molar-refractivity contribution in [2.45, 2.75) is 13.0 Å². The molecule has 0 spiro atoms. The van der Waals surface area contributed by atoms with Crippen molar-refractivity contribution in [3.05, 3.63) is 40.5 Å². The van der Waals surface area contributed by atoms with E-state index in [1.54, 1.807) is 18.3 Å². The van der Waals surface area contributed by atoms with Crippen molar-refractivity contribution in [1.82, 2.24) is 15.3 Å². The first-order valence-electron chi connectivity index (χ1n) is 7.81. The van der Waals surface area contributed by atoms with Crippen LogP contribution < -0.4 is 10.2 Å². The molecule has 1 fully saturated rings. The number of anilines is 1. The Morgan fingerprint density at radius 2 is 2.12 bits per heavy atom. The average molecular weight is 363 g/mol. The maximum atomic E-state index is 6.27. The van der Waals surface area contributed by atoms with Gasteiger partial charge in [-0.25, -0.2) is 0 Å². The molecule has 1 N–H and O–H groups in total. The third-order valence-corrected chi connectivity index (χ3v) is 4.64. The van der Waals surface area contributed by atoms with E-state index in [9.17, 15) is 0 Å². The van der Waals surface area contributed by atoms with Gasteiger partial charge in [-0.1, -0.05) is 23.2 Å². The SMILES string of the molecule is CC1CNCCN1c1nc2cc(Cl)cc(-c3cc(Cl)ccn3)c2o1. The second-order valence-corrected chi connectivity index (χ2v) is 6.78. The van der Waals surface area contributed by atoms with E-state index in [0.29, 0.717) is 33.4 Å². The van der Waals surface area contributed by atoms with Gasteiger partial charge in [-0.3, -0.25) is 4.98 Å². The normalized spacial score (nSPS) is 18.3. The molecular weight excluding hydrogens is 347 g/mol. The quantitative estimate of drug-likeness (QED) is 0.746. The van der Waals surface area contributed by atoms with Crippen LogP contribution in [0.2, 0.25) is 10.0 Å². The number of hydrogen-bond donors (Lipinski definition) is 1. The molecular formula is C17H16Cl2N4O. The highest BCUT2D eigenvalue weighted by molar-refractivity contribution is 6.32. The van der Waals surface area contributed by atoms with Crippen molar-refractivity contribution in [3.8, 4) is 11.3 Å². The number of benzene rings is 1. The minimum absolute atomic E-state index is 0.315. The Balaban J connectivity index is 1.85. The average Bonchev–Trinajstić information content (AvgIpc) is 2.98. The van der Waals surface area contributed by atoms with Crippen LogP contribution >= 0.6 is 23.2 Å². The van der Waals surface area contributed by atoms with Crippen LogP contribution in [0.5, 0.6) is 0 Å². The van der Waals surface area contributed by atoms with Crippen molar-refractivity contribution in [2.75, 3.05) is 24.5 Å². The molecule has 1 aliphatic rings. The summed E-state index contributed by atoms with van der Waals surface area (Å²) in [5, 5.41) is 4.57. The number of pyridine rings is 1. The van der Waals surface area contributed by atoms with Gasteiger partial charge in [-0.15, -0.1) is 0 Å². The van der Waals surface area contributed by atoms with E-state index in [1.165, 1.54) is 0 Å². The number of nitrogens with one attached hydrogen (secondary N) is 1. The van der Waals surface area contributed by atoms with E-state index in [4.69, 9.17) is 27.6 Å². The zero-order valence-corrected chi connectivity index (χ0v) is 14.6. The van der Waals surface area contributed by atoms with Gasteiger partial charge in [-0.05, 0) is 31.2 Å². The molecule has 1 unspecified atom stereocenters. The van der Waals surface area contributed by atoms with Gasteiger partial charge in [0, 0.05) is 47.5 Å². The summed E-state index contributed by atoms with van der Waals surface area (Å²) in [6, 6.07) is 8.10. The summed E-state index contributed by atoms with van der Waals surface area (Å²) >= 11 is 12.4. The molecule has 0 amide bonds. The van der Waals surface area contributed by atoms with Crippen molar-refractivity contribution >= 4 is 40.3 Å². The molecule has 7 heteroatoms. The van der Waals surface area contributed by atoms with Gasteiger partial charge in [0.2, 0.25) is 0 Å². The van der Waals surface area contributed by atoms with Gasteiger partial charge in [0.1, 0.15) is 5.52 Å². The summed E-state index contributed by atoms with van der Waals surface area (Å²) < 4.78 is 6.10. The molecule has 0 aliphatic carbocycles. The smallest absolute Gasteiger partial charge is 0.298 e. The number of halogens is 2. The Labute approximate surface area is 149 Å². The summed E-state index contributed by atoms with van der Waals surface area (Å²) in [5.41, 5.74) is 2.91. The Morgan fingerprint density at radius 1 is 1.25 bits per heavy atom. The molecule has 0 radical (unpaired) electrons. The van der Waals surface area contributed by atoms with Crippen LogP contribution in [0.25, 0.3) is 22.4 Å². The molecule has 1 saturated heterocycles. The summed E-state index contributed by atoms with van der Waals surface area (Å²) in [6.07, 6.45) is 1.67. The lowest BCUT2D eigenvalue weighted by atomic mass is 10.1. The molecule has 24 heavy (non-hydrogen) atoms. The van der Waals surface area contributed by atoms with Gasteiger partial charge in [0.25, 0.3) is 6.01 Å². The van der Waals surface area contributed by atoms with Crippen LogP contribution in [0.3, 0.4) is 0 Å². The van der Waals surface area contributed by atoms with E-state index in [1.807, 2.05) is 12.1 Å². The molecule has 3 aromatic rings. The van der Waals surface area contributed by atoms with Crippen molar-refractivity contribution in [2.24, 2.45) is 0 Å². The molecule has 1 aliphatic heterocycles. The Bertz CT molecular complexity index is 895. The van der Waals surface area contributed by atoms with Gasteiger partial charge in [0.15, 0.2) is 5.58 Å². The van der Waals surface area contributed by atoms with Crippen LogP contribution in [0.15, 0.2) is 34.9 Å². The predicted octanol–water partition coefficient (Wildman–Crippen LogP) is 3.99. The number of aromatic nitrogens is 2. The summed E-state index contributed by atoms with van der Waals surface area (Å²) in [4.78, 5) is 11.2. The molecule has 2 aromatic heterocycles. The monoisotopic (exact) mass is 362 g/mol. The first-order chi connectivity index (χ1) is 11.6. The fraction of sp³-hybridized carbons (Fsp3) is 0.294. The second-order valence-electron chi connectivity index (χ2n) is 5.90. The Morgan fingerprint density at radius 3 is 2.92 bits per heavy atom. The van der Waals surface area contributed by atoms with Crippen LogP contribution in [-0.2, 0) is 0 Å². The van der Waals surface area contributed by atoms with Gasteiger partial charge in [0.05, 0.1) is 5.69 Å². The number of nitrogens with zero attached hydrogens (tertiary/aromatic N) is 3. The second kappa shape index (κ2) is 6.24. The fourth-order valence-corrected chi connectivity index (χ4v) is 3.35. The molecule has 0 saturated carbocycles. The third-order valence-electron chi connectivity index (χ3n) is 4.19. The van der Waals surface area contributed by atoms with E-state index < -0.39 is 0 Å². The lowest BCUT2D eigenvalue weighted by Crippen LogP contribution is -2.50. The molecule has 1 aromatic carbocycles. The van der Waals surface area contributed by atoms with E-state index in [0.717, 1.165) is 30.7 Å². The minimum Gasteiger partial charge on any atom is -0.423 e. The number of hydrogen-bond acceptors (Lipinski definition) is 5. The minimum atomic E-state index is 0.315. The van der Waals surface area contributed by atoms with Crippen LogP contribution in [0, 0.1) is 0 Å². The number of oxazole rings is 1. The lowest BCUT2D eigenvalue weighted by molar-refractivity contribution is 0.456. The maximum absolute atomic E-state index is 6.27. The summed E-state index contributed by atoms with van der Waals surface area (Å²) in [6.45, 7) is 4.81. The Hall–Kier alpha value is -1.82. The maximum Gasteiger partial charge on any atom is 0.298 e. The van der Waals surface area contributed by atoms with Gasteiger partial charge in [-0.2, -0.15) is 4.98 Å². The van der Waals surface area contributed by atoms with Gasteiger partial charge < -0.3 is 14.6 Å². The molecule has 5 nitrogen and oxygen atoms in total. The highest BCUT2D eigenvalue weighted by Crippen LogP contribution is 2.35. The molecule has 1 atom stereocenters. The zero-order valence-electron chi connectivity index (χ0n) is 13.1. The topological polar surface area (TPSA) is 54.2 Å². The molecule has 0 bridgehead atoms. The van der Waals surface area contributed by atoms with E-state index in [-0.39, 0.29) is 0 Å². The summed E-state index contributed by atoms with van der Waals surface area (Å²) in [5.74, 6) is 0. The van der Waals surface area contributed by atoms with Crippen molar-refractivity contribution < 1.29 is 4.42 Å². The predicted molar refractivity (Wildman–Crippen MR) is 96.9 cm³/mol. The fourth-order valence-electron chi connectivity index (χ4n) is 2.98. The Kier molecular flexibility index (Phi) is 4.08. The molecule has 4 rings (SSSR count). The highest BCUT2D eigenvalue weighted by atomic mass is 35.5. The van der Waals surface area contributed by atoms with Crippen LogP contribution in [-0.4, -0.2) is 35.6 Å². The first-order valence-corrected chi connectivity index (χ1v) is 8.57. The number of piperazine rings is 1. The van der Waals surface area contributed by atoms with Crippen LogP contribution in [0.1, 0.15) is 6.92 Å². The number of fused-ring (bicyclic) bond motifs is 1. The first kappa shape index (κ1) is 15.7. The molecule has 3 heterocycles. The largest absolute Gasteiger partial charge is 0.423 e. The van der Waals surface area contributed by atoms with Gasteiger partial charge >= 0.3 is 0 Å². The van der Waals surface area contributed by atoms with E-state index >= 15 is 0 Å². The lowest BCUT2D eigenvalue weighted by Gasteiger charge is -2.32. The van der Waals surface area contributed by atoms with Crippen LogP contribution in [0.4, 0.5) is 6.01 Å². The zero-order chi connectivity index (χ0) is 16.7. The highest BCUT2D eigenvalue weighted by Gasteiger charge is 2.24. The molecule has 124 valence electrons.